The second-order valence-electron chi connectivity index (χ2n) is 8.31. The van der Waals surface area contributed by atoms with Crippen molar-refractivity contribution in [2.24, 2.45) is 5.14 Å². The lowest BCUT2D eigenvalue weighted by Gasteiger charge is -2.30. The quantitative estimate of drug-likeness (QED) is 0.593. The van der Waals surface area contributed by atoms with Crippen molar-refractivity contribution in [3.8, 4) is 17.1 Å². The normalized spacial score (nSPS) is 19.5. The molecule has 2 N–H and O–H groups in total. The molecule has 174 valence electrons. The summed E-state index contributed by atoms with van der Waals surface area (Å²) in [5.74, 6) is 0.335. The first kappa shape index (κ1) is 22.0. The largest absolute Gasteiger partial charge is 0.473 e. The van der Waals surface area contributed by atoms with Crippen LogP contribution in [-0.2, 0) is 21.4 Å². The Balaban J connectivity index is 1.43. The number of pyridine rings is 1. The minimum atomic E-state index is -3.77. The summed E-state index contributed by atoms with van der Waals surface area (Å²) >= 11 is 0. The molecule has 0 radical (unpaired) electrons. The number of ether oxygens (including phenoxy) is 2. The highest BCUT2D eigenvalue weighted by Crippen LogP contribution is 2.32. The van der Waals surface area contributed by atoms with Gasteiger partial charge in [0.05, 0.1) is 17.8 Å². The van der Waals surface area contributed by atoms with E-state index in [4.69, 9.17) is 19.6 Å². The van der Waals surface area contributed by atoms with Crippen LogP contribution in [-0.4, -0.2) is 73.7 Å². The van der Waals surface area contributed by atoms with Crippen LogP contribution >= 0.6 is 0 Å². The van der Waals surface area contributed by atoms with Gasteiger partial charge in [0.25, 0.3) is 10.2 Å². The number of rotatable bonds is 5. The zero-order chi connectivity index (χ0) is 23.0. The first-order chi connectivity index (χ1) is 15.9. The van der Waals surface area contributed by atoms with Crippen molar-refractivity contribution in [3.63, 3.8) is 0 Å². The fourth-order valence-electron chi connectivity index (χ4n) is 4.33. The predicted molar refractivity (Wildman–Crippen MR) is 124 cm³/mol. The van der Waals surface area contributed by atoms with E-state index < -0.39 is 16.3 Å². The molecule has 4 heterocycles. The van der Waals surface area contributed by atoms with Crippen molar-refractivity contribution in [1.29, 1.82) is 0 Å². The van der Waals surface area contributed by atoms with Gasteiger partial charge in [0.1, 0.15) is 12.7 Å². The SMILES string of the molecule is CN1CCCc2cc(-c3cc4nccnc4c(OC[C@@H]4CN(S(N)(=O)=O)CCO4)n3)ccc21. The molecule has 1 aromatic carbocycles. The van der Waals surface area contributed by atoms with Crippen LogP contribution in [0.5, 0.6) is 5.88 Å². The molecule has 0 aliphatic carbocycles. The van der Waals surface area contributed by atoms with Gasteiger partial charge in [-0.3, -0.25) is 4.98 Å². The zero-order valence-electron chi connectivity index (χ0n) is 18.3. The lowest BCUT2D eigenvalue weighted by atomic mass is 9.98. The summed E-state index contributed by atoms with van der Waals surface area (Å²) in [5.41, 5.74) is 5.47. The first-order valence-corrected chi connectivity index (χ1v) is 12.4. The van der Waals surface area contributed by atoms with E-state index in [1.165, 1.54) is 15.6 Å². The van der Waals surface area contributed by atoms with Gasteiger partial charge in [0.15, 0.2) is 5.52 Å². The highest BCUT2D eigenvalue weighted by atomic mass is 32.2. The molecule has 0 bridgehead atoms. The smallest absolute Gasteiger partial charge is 0.277 e. The molecule has 2 aliphatic rings. The Hall–Kier alpha value is -2.86. The topological polar surface area (TPSA) is 124 Å². The molecule has 1 atom stereocenters. The van der Waals surface area contributed by atoms with E-state index in [1.54, 1.807) is 12.4 Å². The maximum absolute atomic E-state index is 11.7. The monoisotopic (exact) mass is 470 g/mol. The number of morpholine rings is 1. The van der Waals surface area contributed by atoms with Crippen molar-refractivity contribution < 1.29 is 17.9 Å². The molecule has 0 unspecified atom stereocenters. The van der Waals surface area contributed by atoms with E-state index in [1.807, 2.05) is 6.07 Å². The van der Waals surface area contributed by atoms with Crippen LogP contribution in [0, 0.1) is 0 Å². The van der Waals surface area contributed by atoms with Crippen molar-refractivity contribution in [1.82, 2.24) is 19.3 Å². The highest BCUT2D eigenvalue weighted by molar-refractivity contribution is 7.86. The Bertz CT molecular complexity index is 1290. The third-order valence-corrected chi connectivity index (χ3v) is 7.07. The van der Waals surface area contributed by atoms with Crippen LogP contribution in [0.15, 0.2) is 36.7 Å². The van der Waals surface area contributed by atoms with Crippen LogP contribution in [0.2, 0.25) is 0 Å². The molecular formula is C22H26N6O4S. The Kier molecular flexibility index (Phi) is 5.87. The molecular weight excluding hydrogens is 444 g/mol. The lowest BCUT2D eigenvalue weighted by Crippen LogP contribution is -2.49. The molecule has 2 aliphatic heterocycles. The average molecular weight is 471 g/mol. The van der Waals surface area contributed by atoms with E-state index in [0.29, 0.717) is 16.9 Å². The van der Waals surface area contributed by atoms with Crippen molar-refractivity contribution in [3.05, 3.63) is 42.2 Å². The lowest BCUT2D eigenvalue weighted by molar-refractivity contribution is -0.0254. The third-order valence-electron chi connectivity index (χ3n) is 6.02. The fourth-order valence-corrected chi connectivity index (χ4v) is 5.04. The molecule has 0 saturated carbocycles. The van der Waals surface area contributed by atoms with Crippen LogP contribution in [0.25, 0.3) is 22.3 Å². The summed E-state index contributed by atoms with van der Waals surface area (Å²) < 4.78 is 36.2. The van der Waals surface area contributed by atoms with E-state index >= 15 is 0 Å². The summed E-state index contributed by atoms with van der Waals surface area (Å²) in [6.07, 6.45) is 4.91. The molecule has 10 nitrogen and oxygen atoms in total. The average Bonchev–Trinajstić information content (AvgIpc) is 2.82. The van der Waals surface area contributed by atoms with Gasteiger partial charge >= 0.3 is 0 Å². The molecule has 1 saturated heterocycles. The van der Waals surface area contributed by atoms with Crippen LogP contribution < -0.4 is 14.8 Å². The van der Waals surface area contributed by atoms with Crippen LogP contribution in [0.3, 0.4) is 0 Å². The van der Waals surface area contributed by atoms with Gasteiger partial charge in [-0.25, -0.2) is 15.1 Å². The fraction of sp³-hybridized carbons (Fsp3) is 0.409. The number of fused-ring (bicyclic) bond motifs is 2. The maximum atomic E-state index is 11.7. The molecule has 33 heavy (non-hydrogen) atoms. The maximum Gasteiger partial charge on any atom is 0.277 e. The predicted octanol–water partition coefficient (Wildman–Crippen LogP) is 1.36. The van der Waals surface area contributed by atoms with Gasteiger partial charge in [0.2, 0.25) is 5.88 Å². The second-order valence-corrected chi connectivity index (χ2v) is 9.86. The van der Waals surface area contributed by atoms with Crippen molar-refractivity contribution in [2.45, 2.75) is 18.9 Å². The van der Waals surface area contributed by atoms with Gasteiger partial charge in [-0.1, -0.05) is 6.07 Å². The van der Waals surface area contributed by atoms with Crippen LogP contribution in [0.4, 0.5) is 5.69 Å². The molecule has 0 spiro atoms. The number of nitrogens with zero attached hydrogens (tertiary/aromatic N) is 5. The Morgan fingerprint density at radius 1 is 1.21 bits per heavy atom. The summed E-state index contributed by atoms with van der Waals surface area (Å²) in [7, 11) is -1.67. The van der Waals surface area contributed by atoms with E-state index in [0.717, 1.165) is 30.6 Å². The Labute approximate surface area is 192 Å². The highest BCUT2D eigenvalue weighted by Gasteiger charge is 2.28. The number of aryl methyl sites for hydroxylation is 1. The number of benzene rings is 1. The van der Waals surface area contributed by atoms with Gasteiger partial charge in [-0.05, 0) is 36.6 Å². The third kappa shape index (κ3) is 4.62. The van der Waals surface area contributed by atoms with E-state index in [9.17, 15) is 8.42 Å². The van der Waals surface area contributed by atoms with E-state index in [2.05, 4.69) is 40.1 Å². The zero-order valence-corrected chi connectivity index (χ0v) is 19.2. The summed E-state index contributed by atoms with van der Waals surface area (Å²) in [6, 6.07) is 8.27. The molecule has 3 aromatic rings. The second kappa shape index (κ2) is 8.82. The summed E-state index contributed by atoms with van der Waals surface area (Å²) in [6.45, 7) is 1.77. The Morgan fingerprint density at radius 3 is 2.91 bits per heavy atom. The number of nitrogens with two attached hydrogens (primary N) is 1. The van der Waals surface area contributed by atoms with E-state index in [-0.39, 0.29) is 26.3 Å². The number of hydrogen-bond donors (Lipinski definition) is 1. The van der Waals surface area contributed by atoms with Crippen molar-refractivity contribution in [2.75, 3.05) is 44.8 Å². The van der Waals surface area contributed by atoms with Gasteiger partial charge in [-0.15, -0.1) is 0 Å². The minimum absolute atomic E-state index is 0.114. The van der Waals surface area contributed by atoms with Crippen LogP contribution in [0.1, 0.15) is 12.0 Å². The summed E-state index contributed by atoms with van der Waals surface area (Å²) in [4.78, 5) is 15.8. The number of anilines is 1. The first-order valence-electron chi connectivity index (χ1n) is 10.9. The van der Waals surface area contributed by atoms with Gasteiger partial charge in [-0.2, -0.15) is 12.7 Å². The minimum Gasteiger partial charge on any atom is -0.473 e. The van der Waals surface area contributed by atoms with Crippen molar-refractivity contribution >= 4 is 26.9 Å². The molecule has 11 heteroatoms. The standard InChI is InChI=1S/C22H26N6O4S/c1-27-8-2-3-16-11-15(4-5-20(16)27)18-12-19-21(25-7-6-24-19)22(26-18)32-14-17-13-28(9-10-31-17)33(23,29)30/h4-7,11-12,17H,2-3,8-10,13-14H2,1H3,(H2,23,29,30)/t17-/m0/s1. The van der Waals surface area contributed by atoms with Gasteiger partial charge in [0, 0.05) is 50.3 Å². The number of aromatic nitrogens is 3. The number of hydrogen-bond acceptors (Lipinski definition) is 8. The summed E-state index contributed by atoms with van der Waals surface area (Å²) in [5, 5.41) is 5.26. The Morgan fingerprint density at radius 2 is 2.06 bits per heavy atom. The van der Waals surface area contributed by atoms with Gasteiger partial charge < -0.3 is 14.4 Å². The molecule has 1 fully saturated rings. The molecule has 2 aromatic heterocycles. The molecule has 0 amide bonds. The molecule has 5 rings (SSSR count).